The molecule has 1 aliphatic rings. The Morgan fingerprint density at radius 3 is 0.859 bits per heavy atom. The molecular weight excluding hydrogens is 1300 g/mol. The first kappa shape index (κ1) is 90.3. The molecule has 0 unspecified atom stereocenters. The Bertz CT molecular complexity index is 1970. The summed E-state index contributed by atoms with van der Waals surface area (Å²) in [6.45, 7) is 18.4. The van der Waals surface area contributed by atoms with Crippen LogP contribution >= 0.6 is 0 Å². The molecule has 0 aliphatic carbocycles. The summed E-state index contributed by atoms with van der Waals surface area (Å²) in [5.41, 5.74) is 0.808. The molecule has 99 heavy (non-hydrogen) atoms. The molecule has 1 saturated heterocycles. The van der Waals surface area contributed by atoms with Gasteiger partial charge in [-0.3, -0.25) is 34.0 Å². The zero-order valence-corrected chi connectivity index (χ0v) is 59.3. The third-order valence-corrected chi connectivity index (χ3v) is 14.4. The largest absolute Gasteiger partial charge is 0.491 e. The van der Waals surface area contributed by atoms with Crippen molar-refractivity contribution in [3.8, 4) is 5.75 Å². The van der Waals surface area contributed by atoms with E-state index in [0.29, 0.717) is 268 Å². The minimum absolute atomic E-state index is 0.151. The number of anilines is 2. The predicted octanol–water partition coefficient (Wildman–Crippen LogP) is 2.43. The van der Waals surface area contributed by atoms with E-state index in [2.05, 4.69) is 26.2 Å². The van der Waals surface area contributed by atoms with Crippen molar-refractivity contribution in [2.45, 2.75) is 51.4 Å². The molecule has 0 atom stereocenters. The molecule has 0 saturated carbocycles. The number of benzene rings is 1. The second-order valence-electron chi connectivity index (χ2n) is 22.6. The first-order valence-corrected chi connectivity index (χ1v) is 35.0. The van der Waals surface area contributed by atoms with Gasteiger partial charge in [-0.1, -0.05) is 25.7 Å². The number of rotatable bonds is 68. The molecule has 4 amide bonds. The molecule has 1 aromatic carbocycles. The topological polar surface area (TPSA) is 364 Å². The fraction of sp³-hybridized carbons (Fsp3) is 0.833. The number of hydrogen-bond donors (Lipinski definition) is 7. The van der Waals surface area contributed by atoms with E-state index in [1.54, 1.807) is 47.1 Å². The number of methoxy groups -OCH3 is 2. The Kier molecular flexibility index (Phi) is 61.7. The van der Waals surface area contributed by atoms with Crippen LogP contribution in [-0.2, 0) is 90.2 Å². The van der Waals surface area contributed by atoms with Gasteiger partial charge in [0.15, 0.2) is 0 Å². The molecule has 0 radical (unpaired) electrons. The van der Waals surface area contributed by atoms with Gasteiger partial charge in [0.1, 0.15) is 12.4 Å². The molecule has 0 aromatic heterocycles. The van der Waals surface area contributed by atoms with Crippen LogP contribution in [0.1, 0.15) is 51.4 Å². The number of hydrogen-bond acceptors (Lipinski definition) is 26. The van der Waals surface area contributed by atoms with Crippen LogP contribution in [0, 0.1) is 0 Å². The van der Waals surface area contributed by atoms with Crippen LogP contribution in [0.2, 0.25) is 0 Å². The number of nitrogens with zero attached hydrogens (tertiary/aromatic N) is 4. The quantitative estimate of drug-likeness (QED) is 0.0461. The molecule has 33 heteroatoms. The van der Waals surface area contributed by atoms with Crippen molar-refractivity contribution in [1.82, 2.24) is 30.2 Å². The van der Waals surface area contributed by atoms with Gasteiger partial charge >= 0.3 is 30.0 Å². The lowest BCUT2D eigenvalue weighted by atomic mass is 10.2. The summed E-state index contributed by atoms with van der Waals surface area (Å²) in [7, 11) is 3.27. The normalized spacial score (nSPS) is 13.8. The second-order valence-corrected chi connectivity index (χ2v) is 22.6. The van der Waals surface area contributed by atoms with E-state index in [1.807, 2.05) is 0 Å². The van der Waals surface area contributed by atoms with E-state index >= 15 is 0 Å². The molecule has 0 bridgehead atoms. The summed E-state index contributed by atoms with van der Waals surface area (Å²) in [6.07, 6.45) is 6.98. The van der Waals surface area contributed by atoms with Gasteiger partial charge in [-0.05, 0) is 31.7 Å². The third kappa shape index (κ3) is 60.5. The van der Waals surface area contributed by atoms with Crippen molar-refractivity contribution >= 4 is 41.3 Å². The van der Waals surface area contributed by atoms with Crippen molar-refractivity contribution in [2.24, 2.45) is 0 Å². The zero-order chi connectivity index (χ0) is 71.4. The molecule has 0 spiro atoms. The maximum atomic E-state index is 13.1. The number of carboxylic acids is 3. The van der Waals surface area contributed by atoms with Crippen molar-refractivity contribution in [1.29, 1.82) is 0 Å². The van der Waals surface area contributed by atoms with Crippen LogP contribution in [0.3, 0.4) is 0 Å². The van der Waals surface area contributed by atoms with Crippen molar-refractivity contribution < 1.29 is 120 Å². The summed E-state index contributed by atoms with van der Waals surface area (Å²) < 4.78 is 93.8. The number of aliphatic carboxylic acids is 3. The van der Waals surface area contributed by atoms with Crippen LogP contribution in [0.4, 0.5) is 21.0 Å². The van der Waals surface area contributed by atoms with Gasteiger partial charge in [-0.15, -0.1) is 0 Å². The lowest BCUT2D eigenvalue weighted by Crippen LogP contribution is -2.48. The van der Waals surface area contributed by atoms with Gasteiger partial charge in [0.05, 0.1) is 205 Å². The molecule has 33 nitrogen and oxygen atoms in total. The first-order chi connectivity index (χ1) is 48.5. The predicted molar refractivity (Wildman–Crippen MR) is 367 cm³/mol. The molecular formula is C66H122N8O25. The van der Waals surface area contributed by atoms with Crippen LogP contribution in [0.25, 0.3) is 0 Å². The zero-order valence-electron chi connectivity index (χ0n) is 59.3. The van der Waals surface area contributed by atoms with E-state index in [4.69, 9.17) is 80.5 Å². The summed E-state index contributed by atoms with van der Waals surface area (Å²) in [5, 5.41) is 40.1. The van der Waals surface area contributed by atoms with Crippen LogP contribution in [0.15, 0.2) is 18.2 Å². The van der Waals surface area contributed by atoms with E-state index in [1.165, 1.54) is 0 Å². The Morgan fingerprint density at radius 1 is 0.313 bits per heavy atom. The van der Waals surface area contributed by atoms with Crippen molar-refractivity contribution in [2.75, 3.05) is 321 Å². The minimum Gasteiger partial charge on any atom is -0.491 e. The molecule has 1 heterocycles. The van der Waals surface area contributed by atoms with Crippen LogP contribution in [-0.4, -0.2) is 376 Å². The lowest BCUT2D eigenvalue weighted by Gasteiger charge is -2.33. The number of unbranched alkanes of at least 4 members (excludes halogenated alkanes) is 6. The molecule has 1 aromatic rings. The first-order valence-electron chi connectivity index (χ1n) is 35.0. The van der Waals surface area contributed by atoms with Crippen molar-refractivity contribution in [3.63, 3.8) is 0 Å². The van der Waals surface area contributed by atoms with E-state index in [-0.39, 0.29) is 46.1 Å². The average Bonchev–Trinajstić information content (AvgIpc) is 0.939. The maximum Gasteiger partial charge on any atom is 0.319 e. The number of carbonyl (C=O) groups is 5. The smallest absolute Gasteiger partial charge is 0.319 e. The molecule has 1 fully saturated rings. The third-order valence-electron chi connectivity index (χ3n) is 14.4. The highest BCUT2D eigenvalue weighted by molar-refractivity contribution is 5.93. The second kappa shape index (κ2) is 67.6. The summed E-state index contributed by atoms with van der Waals surface area (Å²) in [4.78, 5) is 68.4. The highest BCUT2D eigenvalue weighted by Gasteiger charge is 2.21. The summed E-state index contributed by atoms with van der Waals surface area (Å²) in [6, 6.07) is 4.15. The van der Waals surface area contributed by atoms with Gasteiger partial charge < -0.3 is 117 Å². The fourth-order valence-corrected chi connectivity index (χ4v) is 9.22. The number of carbonyl (C=O) groups excluding carboxylic acids is 2. The minimum atomic E-state index is -1.01. The van der Waals surface area contributed by atoms with Gasteiger partial charge in [0.25, 0.3) is 0 Å². The Labute approximate surface area is 586 Å². The SMILES string of the molecule is COCCOCCOCCOCCOCCOCCOCCCCCCNC(=O)Nc1cc(NC(=O)NCCCCCCOCCOCCOCCOCCOCCOCCOC)cc(OCCOCCOCCN2CCN(CC(=O)O)CCN(CC(=O)O)CCN(CC(=O)O)CC2)c1. The Balaban J connectivity index is 1.73. The Morgan fingerprint density at radius 2 is 0.566 bits per heavy atom. The van der Waals surface area contributed by atoms with E-state index in [9.17, 15) is 39.3 Å². The highest BCUT2D eigenvalue weighted by atomic mass is 16.6. The monoisotopic (exact) mass is 1430 g/mol. The van der Waals surface area contributed by atoms with E-state index < -0.39 is 30.0 Å². The number of amides is 4. The standard InChI is InChI=1S/C66H122N8O25/c1-83-25-27-88-35-37-92-43-45-96-49-47-94-41-39-90-32-29-85-22-9-5-3-7-11-67-65(81)69-59-53-60(70-66(82)68-12-8-4-6-10-23-86-30-33-91-40-42-95-48-50-97-46-44-93-38-36-89-28-26-84-2)55-61(54-59)99-52-51-98-34-31-87-24-21-71-13-15-72(56-62(75)76)17-19-74(58-64(79)80)20-18-73(16-14-71)57-63(77)78/h53-55H,3-52,56-58H2,1-2H3,(H,75,76)(H,77,78)(H,79,80)(H2,67,69,81)(H2,68,70,82). The lowest BCUT2D eigenvalue weighted by molar-refractivity contribution is -0.140. The van der Waals surface area contributed by atoms with Crippen LogP contribution in [0.5, 0.6) is 5.75 Å². The van der Waals surface area contributed by atoms with Gasteiger partial charge in [-0.2, -0.15) is 0 Å². The average molecular weight is 1430 g/mol. The number of nitrogens with one attached hydrogen (secondary N) is 4. The maximum absolute atomic E-state index is 13.1. The van der Waals surface area contributed by atoms with Crippen molar-refractivity contribution in [3.05, 3.63) is 18.2 Å². The number of urea groups is 2. The number of ether oxygens (including phenoxy) is 17. The molecule has 1 aliphatic heterocycles. The van der Waals surface area contributed by atoms with E-state index in [0.717, 1.165) is 51.4 Å². The van der Waals surface area contributed by atoms with Gasteiger partial charge in [-0.25, -0.2) is 9.59 Å². The van der Waals surface area contributed by atoms with Gasteiger partial charge in [0, 0.05) is 123 Å². The van der Waals surface area contributed by atoms with Gasteiger partial charge in [0.2, 0.25) is 0 Å². The molecule has 2 rings (SSSR count). The summed E-state index contributed by atoms with van der Waals surface area (Å²) >= 11 is 0. The Hall–Kier alpha value is -4.83. The molecule has 7 N–H and O–H groups in total. The fourth-order valence-electron chi connectivity index (χ4n) is 9.22. The van der Waals surface area contributed by atoms with Crippen LogP contribution < -0.4 is 26.0 Å². The molecule has 576 valence electrons. The highest BCUT2D eigenvalue weighted by Crippen LogP contribution is 2.25. The number of carboxylic acid groups (broad SMARTS) is 3. The summed E-state index contributed by atoms with van der Waals surface area (Å²) in [5.74, 6) is -2.60.